The number of likely N-dealkylation sites (N-methyl/N-ethyl adjacent to an activating group) is 1. The molecule has 28 heavy (non-hydrogen) atoms. The number of nitrogens with zero attached hydrogens (tertiary/aromatic N) is 1. The molecule has 0 bridgehead atoms. The first kappa shape index (κ1) is 20.4. The highest BCUT2D eigenvalue weighted by atomic mass is 16.5. The van der Waals surface area contributed by atoms with Gasteiger partial charge in [0, 0.05) is 32.7 Å². The first-order valence-electron chi connectivity index (χ1n) is 9.89. The summed E-state index contributed by atoms with van der Waals surface area (Å²) in [5.41, 5.74) is 4.87. The van der Waals surface area contributed by atoms with Gasteiger partial charge in [0.25, 0.3) is 0 Å². The molecule has 3 rings (SSSR count). The Balaban J connectivity index is 1.66. The maximum Gasteiger partial charge on any atom is 0.237 e. The fourth-order valence-electron chi connectivity index (χ4n) is 4.00. The molecule has 1 heterocycles. The summed E-state index contributed by atoms with van der Waals surface area (Å²) in [5, 5.41) is 6.49. The highest BCUT2D eigenvalue weighted by molar-refractivity contribution is 5.81. The average molecular weight is 382 g/mol. The van der Waals surface area contributed by atoms with E-state index in [1.807, 2.05) is 18.2 Å². The van der Waals surface area contributed by atoms with Crippen LogP contribution in [0.3, 0.4) is 0 Å². The summed E-state index contributed by atoms with van der Waals surface area (Å²) in [4.78, 5) is 14.7. The summed E-state index contributed by atoms with van der Waals surface area (Å²) in [5.74, 6) is 1.02. The van der Waals surface area contributed by atoms with Gasteiger partial charge < -0.3 is 15.4 Å². The van der Waals surface area contributed by atoms with Gasteiger partial charge in [-0.3, -0.25) is 9.69 Å². The minimum atomic E-state index is -0.0959. The van der Waals surface area contributed by atoms with Crippen LogP contribution >= 0.6 is 0 Å². The minimum absolute atomic E-state index is 0.0942. The van der Waals surface area contributed by atoms with Crippen molar-refractivity contribution in [2.24, 2.45) is 0 Å². The van der Waals surface area contributed by atoms with Crippen molar-refractivity contribution in [3.63, 3.8) is 0 Å². The van der Waals surface area contributed by atoms with Crippen molar-refractivity contribution in [3.05, 3.63) is 64.7 Å². The molecule has 5 nitrogen and oxygen atoms in total. The monoisotopic (exact) mass is 381 g/mol. The average Bonchev–Trinajstić information content (AvgIpc) is 3.11. The van der Waals surface area contributed by atoms with Gasteiger partial charge in [-0.15, -0.1) is 0 Å². The van der Waals surface area contributed by atoms with E-state index in [0.717, 1.165) is 37.4 Å². The van der Waals surface area contributed by atoms with Gasteiger partial charge in [-0.05, 0) is 48.6 Å². The summed E-state index contributed by atoms with van der Waals surface area (Å²) in [7, 11) is 3.42. The molecule has 2 N–H and O–H groups in total. The Morgan fingerprint density at radius 1 is 1.18 bits per heavy atom. The molecule has 150 valence electrons. The number of benzene rings is 2. The normalized spacial score (nSPS) is 19.6. The lowest BCUT2D eigenvalue weighted by Crippen LogP contribution is -2.41. The molecule has 0 spiro atoms. The molecule has 1 saturated heterocycles. The Labute approximate surface area is 168 Å². The summed E-state index contributed by atoms with van der Waals surface area (Å²) in [6.07, 6.45) is 0.820. The fraction of sp³-hybridized carbons (Fsp3) is 0.435. The van der Waals surface area contributed by atoms with Gasteiger partial charge in [-0.25, -0.2) is 0 Å². The Morgan fingerprint density at radius 3 is 2.61 bits per heavy atom. The SMILES string of the molecule is CNC(=O)[C@@H]1C[C@@H](NCc2cc(C)c(OC)cc2C)CN1Cc1ccccc1. The summed E-state index contributed by atoms with van der Waals surface area (Å²) >= 11 is 0. The Bertz CT molecular complexity index is 807. The second-order valence-corrected chi connectivity index (χ2v) is 7.61. The molecule has 1 aliphatic heterocycles. The van der Waals surface area contributed by atoms with Crippen molar-refractivity contribution in [1.82, 2.24) is 15.5 Å². The van der Waals surface area contributed by atoms with Crippen LogP contribution in [0.2, 0.25) is 0 Å². The minimum Gasteiger partial charge on any atom is -0.496 e. The zero-order valence-electron chi connectivity index (χ0n) is 17.3. The van der Waals surface area contributed by atoms with Gasteiger partial charge in [-0.1, -0.05) is 36.4 Å². The van der Waals surface area contributed by atoms with E-state index in [9.17, 15) is 4.79 Å². The molecule has 5 heteroatoms. The predicted octanol–water partition coefficient (Wildman–Crippen LogP) is 2.79. The standard InChI is InChI=1S/C23H31N3O2/c1-16-11-22(28-4)17(2)10-19(16)13-25-20-12-21(23(27)24-3)26(15-20)14-18-8-6-5-7-9-18/h5-11,20-21,25H,12-15H2,1-4H3,(H,24,27)/t20-,21+/m1/s1. The number of aryl methyl sites for hydroxylation is 2. The number of hydrogen-bond acceptors (Lipinski definition) is 4. The Hall–Kier alpha value is -2.37. The van der Waals surface area contributed by atoms with E-state index in [4.69, 9.17) is 4.74 Å². The largest absolute Gasteiger partial charge is 0.496 e. The lowest BCUT2D eigenvalue weighted by molar-refractivity contribution is -0.125. The first-order valence-corrected chi connectivity index (χ1v) is 9.89. The van der Waals surface area contributed by atoms with Gasteiger partial charge in [0.2, 0.25) is 5.91 Å². The highest BCUT2D eigenvalue weighted by Gasteiger charge is 2.36. The van der Waals surface area contributed by atoms with Gasteiger partial charge in [0.1, 0.15) is 5.75 Å². The van der Waals surface area contributed by atoms with E-state index in [-0.39, 0.29) is 18.0 Å². The van der Waals surface area contributed by atoms with Crippen LogP contribution in [0.1, 0.15) is 28.7 Å². The molecule has 1 fully saturated rings. The Morgan fingerprint density at radius 2 is 1.93 bits per heavy atom. The maximum atomic E-state index is 12.4. The van der Waals surface area contributed by atoms with E-state index >= 15 is 0 Å². The predicted molar refractivity (Wildman–Crippen MR) is 112 cm³/mol. The molecular formula is C23H31N3O2. The zero-order chi connectivity index (χ0) is 20.1. The van der Waals surface area contributed by atoms with Gasteiger partial charge in [0.15, 0.2) is 0 Å². The third kappa shape index (κ3) is 4.72. The second-order valence-electron chi connectivity index (χ2n) is 7.61. The summed E-state index contributed by atoms with van der Waals surface area (Å²) < 4.78 is 5.41. The van der Waals surface area contributed by atoms with Crippen molar-refractivity contribution >= 4 is 5.91 Å². The number of amides is 1. The second kappa shape index (κ2) is 9.22. The van der Waals surface area contributed by atoms with Crippen LogP contribution in [-0.4, -0.2) is 43.6 Å². The number of carbonyl (C=O) groups is 1. The van der Waals surface area contributed by atoms with E-state index < -0.39 is 0 Å². The van der Waals surface area contributed by atoms with Crippen LogP contribution in [0.15, 0.2) is 42.5 Å². The van der Waals surface area contributed by atoms with Crippen LogP contribution in [-0.2, 0) is 17.9 Å². The molecule has 2 atom stereocenters. The van der Waals surface area contributed by atoms with Crippen LogP contribution in [0.5, 0.6) is 5.75 Å². The van der Waals surface area contributed by atoms with E-state index in [0.29, 0.717) is 0 Å². The third-order valence-electron chi connectivity index (χ3n) is 5.62. The van der Waals surface area contributed by atoms with Gasteiger partial charge in [-0.2, -0.15) is 0 Å². The van der Waals surface area contributed by atoms with Crippen molar-refractivity contribution in [2.75, 3.05) is 20.7 Å². The molecule has 2 aromatic carbocycles. The molecule has 1 amide bonds. The van der Waals surface area contributed by atoms with Crippen molar-refractivity contribution in [3.8, 4) is 5.75 Å². The van der Waals surface area contributed by atoms with Crippen molar-refractivity contribution in [2.45, 2.75) is 45.4 Å². The number of nitrogens with one attached hydrogen (secondary N) is 2. The number of ether oxygens (including phenoxy) is 1. The lowest BCUT2D eigenvalue weighted by atomic mass is 10.0. The highest BCUT2D eigenvalue weighted by Crippen LogP contribution is 2.24. The number of rotatable bonds is 7. The topological polar surface area (TPSA) is 53.6 Å². The number of methoxy groups -OCH3 is 1. The van der Waals surface area contributed by atoms with E-state index in [1.165, 1.54) is 16.7 Å². The van der Waals surface area contributed by atoms with Crippen molar-refractivity contribution < 1.29 is 9.53 Å². The number of hydrogen-bond donors (Lipinski definition) is 2. The van der Waals surface area contributed by atoms with Crippen LogP contribution in [0.4, 0.5) is 0 Å². The van der Waals surface area contributed by atoms with Gasteiger partial charge in [0.05, 0.1) is 13.2 Å². The molecule has 0 unspecified atom stereocenters. The number of carbonyl (C=O) groups excluding carboxylic acids is 1. The van der Waals surface area contributed by atoms with Gasteiger partial charge >= 0.3 is 0 Å². The smallest absolute Gasteiger partial charge is 0.237 e. The van der Waals surface area contributed by atoms with Crippen molar-refractivity contribution in [1.29, 1.82) is 0 Å². The van der Waals surface area contributed by atoms with E-state index in [2.05, 4.69) is 53.6 Å². The lowest BCUT2D eigenvalue weighted by Gasteiger charge is -2.22. The fourth-order valence-corrected chi connectivity index (χ4v) is 4.00. The third-order valence-corrected chi connectivity index (χ3v) is 5.62. The molecule has 0 radical (unpaired) electrons. The molecular weight excluding hydrogens is 350 g/mol. The molecule has 0 aromatic heterocycles. The molecule has 1 aliphatic rings. The maximum absolute atomic E-state index is 12.4. The van der Waals surface area contributed by atoms with Crippen LogP contribution in [0.25, 0.3) is 0 Å². The zero-order valence-corrected chi connectivity index (χ0v) is 17.3. The molecule has 0 saturated carbocycles. The quantitative estimate of drug-likeness (QED) is 0.774. The first-order chi connectivity index (χ1) is 13.5. The Kier molecular flexibility index (Phi) is 6.70. The summed E-state index contributed by atoms with van der Waals surface area (Å²) in [6.45, 7) is 6.63. The van der Waals surface area contributed by atoms with Crippen LogP contribution in [0, 0.1) is 13.8 Å². The molecule has 0 aliphatic carbocycles. The summed E-state index contributed by atoms with van der Waals surface area (Å²) in [6, 6.07) is 14.8. The van der Waals surface area contributed by atoms with Crippen LogP contribution < -0.4 is 15.4 Å². The van der Waals surface area contributed by atoms with E-state index in [1.54, 1.807) is 14.2 Å². The number of likely N-dealkylation sites (tertiary alicyclic amines) is 1. The molecule has 2 aromatic rings.